The normalized spacial score (nSPS) is 28.3. The predicted molar refractivity (Wildman–Crippen MR) is 143 cm³/mol. The monoisotopic (exact) mass is 470 g/mol. The molecule has 2 aromatic rings. The Kier molecular flexibility index (Phi) is 4.39. The molecule has 0 aromatic heterocycles. The lowest BCUT2D eigenvalue weighted by Crippen LogP contribution is -2.26. The van der Waals surface area contributed by atoms with Crippen LogP contribution in [0.25, 0.3) is 12.2 Å². The Balaban J connectivity index is 1.15. The number of ether oxygens (including phenoxy) is 2. The summed E-state index contributed by atoms with van der Waals surface area (Å²) >= 11 is 0. The van der Waals surface area contributed by atoms with Crippen molar-refractivity contribution in [3.8, 4) is 0 Å². The van der Waals surface area contributed by atoms with Gasteiger partial charge in [-0.15, -0.1) is 0 Å². The molecule has 4 atom stereocenters. The Labute approximate surface area is 210 Å². The number of hydrogen-bond acceptors (Lipinski definition) is 4. The van der Waals surface area contributed by atoms with Crippen molar-refractivity contribution >= 4 is 23.9 Å². The van der Waals surface area contributed by atoms with E-state index in [1.165, 1.54) is 22.3 Å². The molecule has 0 saturated carbocycles. The molecule has 2 aromatic carbocycles. The van der Waals surface area contributed by atoms with Crippen LogP contribution in [0.5, 0.6) is 0 Å². The molecule has 0 bridgehead atoms. The van der Waals surface area contributed by atoms with Crippen molar-refractivity contribution < 1.29 is 9.47 Å². The van der Waals surface area contributed by atoms with Gasteiger partial charge in [-0.2, -0.15) is 0 Å². The van der Waals surface area contributed by atoms with Gasteiger partial charge < -0.3 is 9.47 Å². The molecular formula is C32H26N2O2. The molecule has 0 radical (unpaired) electrons. The third-order valence-corrected chi connectivity index (χ3v) is 8.20. The van der Waals surface area contributed by atoms with Gasteiger partial charge in [0.2, 0.25) is 11.8 Å². The maximum atomic E-state index is 6.46. The van der Waals surface area contributed by atoms with Crippen LogP contribution in [0.15, 0.2) is 94.2 Å². The molecule has 2 aliphatic heterocycles. The number of nitrogens with zero attached hydrogens (tertiary/aromatic N) is 2. The van der Waals surface area contributed by atoms with Gasteiger partial charge in [0.25, 0.3) is 0 Å². The molecule has 4 nitrogen and oxygen atoms in total. The van der Waals surface area contributed by atoms with Gasteiger partial charge in [0.15, 0.2) is 0 Å². The van der Waals surface area contributed by atoms with Crippen molar-refractivity contribution in [2.75, 3.05) is 0 Å². The number of fused-ring (bicyclic) bond motifs is 5. The van der Waals surface area contributed by atoms with Gasteiger partial charge in [0.1, 0.15) is 12.2 Å². The fraction of sp³-hybridized carbons (Fsp3) is 0.250. The van der Waals surface area contributed by atoms with Crippen molar-refractivity contribution in [3.05, 3.63) is 118 Å². The topological polar surface area (TPSA) is 43.2 Å². The van der Waals surface area contributed by atoms with Gasteiger partial charge in [-0.1, -0.05) is 66.8 Å². The van der Waals surface area contributed by atoms with E-state index in [0.717, 1.165) is 60.0 Å². The molecule has 0 amide bonds. The number of hydrogen-bond donors (Lipinski definition) is 0. The summed E-state index contributed by atoms with van der Waals surface area (Å²) in [6, 6.07) is 12.8. The maximum absolute atomic E-state index is 6.46. The Hall–Kier alpha value is -3.92. The molecule has 0 N–H and O–H groups in total. The average molecular weight is 471 g/mol. The number of benzene rings is 2. The summed E-state index contributed by atoms with van der Waals surface area (Å²) in [5.74, 6) is 2.40. The molecule has 176 valence electrons. The van der Waals surface area contributed by atoms with E-state index in [-0.39, 0.29) is 12.2 Å². The second-order valence-corrected chi connectivity index (χ2v) is 10.4. The lowest BCUT2D eigenvalue weighted by molar-refractivity contribution is 0.199. The van der Waals surface area contributed by atoms with E-state index in [4.69, 9.17) is 19.5 Å². The minimum atomic E-state index is -0.00593. The van der Waals surface area contributed by atoms with Crippen LogP contribution in [0.3, 0.4) is 0 Å². The zero-order valence-electron chi connectivity index (χ0n) is 19.9. The van der Waals surface area contributed by atoms with Gasteiger partial charge >= 0.3 is 0 Å². The standard InChI is InChI=1S/C32H26N2O2/c1-3-9-21-17-29-27(15-19(21)7-1)33-31(35-29)25-13-14-26(24-12-6-5-11-23(24)25)32-34-28-16-20-8-2-4-10-22(20)18-30(28)36-32/h1-5,7-11,13-16,19,21,29-30H,6,12,17-18H2. The highest BCUT2D eigenvalue weighted by molar-refractivity contribution is 6.04. The van der Waals surface area contributed by atoms with E-state index in [1.54, 1.807) is 0 Å². The Morgan fingerprint density at radius 1 is 0.833 bits per heavy atom. The molecular weight excluding hydrogens is 444 g/mol. The van der Waals surface area contributed by atoms with Gasteiger partial charge in [-0.25, -0.2) is 9.98 Å². The minimum absolute atomic E-state index is 0.00593. The van der Waals surface area contributed by atoms with E-state index in [0.29, 0.717) is 11.8 Å². The number of rotatable bonds is 2. The van der Waals surface area contributed by atoms with Crippen molar-refractivity contribution in [1.82, 2.24) is 0 Å². The van der Waals surface area contributed by atoms with Crippen LogP contribution in [0.4, 0.5) is 0 Å². The largest absolute Gasteiger partial charge is 0.467 e. The smallest absolute Gasteiger partial charge is 0.222 e. The zero-order valence-corrected chi connectivity index (χ0v) is 19.9. The molecule has 0 saturated heterocycles. The van der Waals surface area contributed by atoms with Gasteiger partial charge in [0, 0.05) is 23.5 Å². The number of allylic oxidation sites excluding steroid dienone is 6. The van der Waals surface area contributed by atoms with Crippen molar-refractivity contribution in [2.45, 2.75) is 37.9 Å². The molecule has 4 aliphatic carbocycles. The first-order chi connectivity index (χ1) is 17.8. The first-order valence-electron chi connectivity index (χ1n) is 13.0. The van der Waals surface area contributed by atoms with Crippen molar-refractivity contribution in [3.63, 3.8) is 0 Å². The van der Waals surface area contributed by atoms with E-state index >= 15 is 0 Å². The third kappa shape index (κ3) is 3.13. The fourth-order valence-electron chi connectivity index (χ4n) is 6.34. The van der Waals surface area contributed by atoms with Crippen LogP contribution in [0.1, 0.15) is 46.2 Å². The molecule has 2 heterocycles. The quantitative estimate of drug-likeness (QED) is 0.526. The minimum Gasteiger partial charge on any atom is -0.467 e. The van der Waals surface area contributed by atoms with Crippen LogP contribution in [-0.2, 0) is 22.3 Å². The molecule has 0 spiro atoms. The highest BCUT2D eigenvalue weighted by atomic mass is 16.5. The van der Waals surface area contributed by atoms with Gasteiger partial charge in [0.05, 0.1) is 11.4 Å². The molecule has 6 aliphatic rings. The summed E-state index contributed by atoms with van der Waals surface area (Å²) in [7, 11) is 0. The summed E-state index contributed by atoms with van der Waals surface area (Å²) in [4.78, 5) is 9.94. The highest BCUT2D eigenvalue weighted by Crippen LogP contribution is 2.40. The molecule has 4 unspecified atom stereocenters. The summed E-state index contributed by atoms with van der Waals surface area (Å²) in [6.07, 6.45) is 21.6. The maximum Gasteiger partial charge on any atom is 0.222 e. The highest BCUT2D eigenvalue weighted by Gasteiger charge is 2.37. The van der Waals surface area contributed by atoms with Crippen LogP contribution >= 0.6 is 0 Å². The fourth-order valence-corrected chi connectivity index (χ4v) is 6.34. The number of aliphatic imine (C=N–C) groups is 2. The van der Waals surface area contributed by atoms with E-state index in [2.05, 4.69) is 85.0 Å². The summed E-state index contributed by atoms with van der Waals surface area (Å²) in [6.45, 7) is 0. The van der Waals surface area contributed by atoms with Crippen LogP contribution in [0.2, 0.25) is 0 Å². The van der Waals surface area contributed by atoms with Gasteiger partial charge in [-0.05, 0) is 65.6 Å². The van der Waals surface area contributed by atoms with Crippen molar-refractivity contribution in [2.24, 2.45) is 21.8 Å². The van der Waals surface area contributed by atoms with Crippen LogP contribution in [0, 0.1) is 11.8 Å². The first kappa shape index (κ1) is 20.3. The molecule has 4 heteroatoms. The van der Waals surface area contributed by atoms with Crippen molar-refractivity contribution in [1.29, 1.82) is 0 Å². The van der Waals surface area contributed by atoms with Crippen LogP contribution < -0.4 is 0 Å². The molecule has 0 fully saturated rings. The molecule has 36 heavy (non-hydrogen) atoms. The van der Waals surface area contributed by atoms with E-state index < -0.39 is 0 Å². The SMILES string of the molecule is C1=CC2C=C3N=C(c4ccc(C5=NC6=Cc7ccccc7CC6O5)c5c4C=CCC5)OC3CC2C=C1. The van der Waals surface area contributed by atoms with Crippen LogP contribution in [-0.4, -0.2) is 24.0 Å². The Bertz CT molecular complexity index is 1520. The third-order valence-electron chi connectivity index (χ3n) is 8.20. The summed E-state index contributed by atoms with van der Waals surface area (Å²) in [5, 5.41) is 0. The summed E-state index contributed by atoms with van der Waals surface area (Å²) in [5.41, 5.74) is 9.29. The predicted octanol–water partition coefficient (Wildman–Crippen LogP) is 6.18. The Morgan fingerprint density at radius 2 is 1.67 bits per heavy atom. The second-order valence-electron chi connectivity index (χ2n) is 10.4. The van der Waals surface area contributed by atoms with Gasteiger partial charge in [-0.3, -0.25) is 0 Å². The molecule has 8 rings (SSSR count). The average Bonchev–Trinajstić information content (AvgIpc) is 3.52. The lowest BCUT2D eigenvalue weighted by Gasteiger charge is -2.29. The van der Waals surface area contributed by atoms with E-state index in [1.807, 2.05) is 0 Å². The Morgan fingerprint density at radius 3 is 2.67 bits per heavy atom. The lowest BCUT2D eigenvalue weighted by atomic mass is 9.79. The first-order valence-corrected chi connectivity index (χ1v) is 13.0. The zero-order chi connectivity index (χ0) is 23.6. The second kappa shape index (κ2) is 7.79. The van der Waals surface area contributed by atoms with E-state index in [9.17, 15) is 0 Å². The summed E-state index contributed by atoms with van der Waals surface area (Å²) < 4.78 is 12.9.